The van der Waals surface area contributed by atoms with Gasteiger partial charge in [-0.1, -0.05) is 48.5 Å². The van der Waals surface area contributed by atoms with Gasteiger partial charge in [0.2, 0.25) is 5.75 Å². The number of nitro groups is 1. The van der Waals surface area contributed by atoms with Crippen LogP contribution in [0, 0.1) is 10.1 Å². The van der Waals surface area contributed by atoms with Crippen LogP contribution in [0.2, 0.25) is 0 Å². The first-order chi connectivity index (χ1) is 13.7. The molecule has 3 aromatic carbocycles. The van der Waals surface area contributed by atoms with Crippen LogP contribution in [0.25, 0.3) is 22.2 Å². The molecule has 7 nitrogen and oxygen atoms in total. The quantitative estimate of drug-likeness (QED) is 0.284. The van der Waals surface area contributed by atoms with E-state index in [0.29, 0.717) is 17.5 Å². The maximum absolute atomic E-state index is 11.3. The van der Waals surface area contributed by atoms with Gasteiger partial charge in [-0.2, -0.15) is 9.97 Å². The Kier molecular flexibility index (Phi) is 4.47. The van der Waals surface area contributed by atoms with E-state index in [4.69, 9.17) is 4.74 Å². The standard InChI is InChI=1S/C21H13N3O4/c25-13-14-10-11-18(24(26)27)19(12-14)28-21-22-17-9-5-4-8-16(17)20(23-21)15-6-2-1-3-7-15/h1-13H. The first-order valence-corrected chi connectivity index (χ1v) is 8.39. The number of aromatic nitrogens is 2. The summed E-state index contributed by atoms with van der Waals surface area (Å²) >= 11 is 0. The molecule has 0 aliphatic carbocycles. The molecule has 0 fully saturated rings. The summed E-state index contributed by atoms with van der Waals surface area (Å²) in [4.78, 5) is 30.6. The largest absolute Gasteiger partial charge is 0.417 e. The van der Waals surface area contributed by atoms with Crippen LogP contribution >= 0.6 is 0 Å². The monoisotopic (exact) mass is 371 g/mol. The van der Waals surface area contributed by atoms with Gasteiger partial charge in [-0.15, -0.1) is 0 Å². The lowest BCUT2D eigenvalue weighted by Crippen LogP contribution is -1.99. The van der Waals surface area contributed by atoms with E-state index in [1.54, 1.807) is 0 Å². The zero-order chi connectivity index (χ0) is 19.5. The van der Waals surface area contributed by atoms with Gasteiger partial charge in [0.05, 0.1) is 16.1 Å². The summed E-state index contributed by atoms with van der Waals surface area (Å²) in [6.07, 6.45) is 0.591. The van der Waals surface area contributed by atoms with Crippen LogP contribution < -0.4 is 4.74 Å². The highest BCUT2D eigenvalue weighted by atomic mass is 16.6. The van der Waals surface area contributed by atoms with Gasteiger partial charge in [0.15, 0.2) is 0 Å². The molecule has 0 spiro atoms. The molecule has 0 saturated carbocycles. The lowest BCUT2D eigenvalue weighted by Gasteiger charge is -2.10. The van der Waals surface area contributed by atoms with Crippen LogP contribution in [0.15, 0.2) is 72.8 Å². The number of fused-ring (bicyclic) bond motifs is 1. The number of carbonyl (C=O) groups excluding carboxylic acids is 1. The summed E-state index contributed by atoms with van der Waals surface area (Å²) in [6.45, 7) is 0. The molecular weight excluding hydrogens is 358 g/mol. The Morgan fingerprint density at radius 1 is 0.929 bits per heavy atom. The Morgan fingerprint density at radius 3 is 2.43 bits per heavy atom. The molecule has 0 amide bonds. The van der Waals surface area contributed by atoms with Crippen molar-refractivity contribution in [1.29, 1.82) is 0 Å². The van der Waals surface area contributed by atoms with Crippen molar-refractivity contribution in [3.05, 3.63) is 88.5 Å². The number of aldehydes is 1. The minimum Gasteiger partial charge on any atom is -0.417 e. The molecule has 4 aromatic rings. The van der Waals surface area contributed by atoms with Crippen LogP contribution in [-0.2, 0) is 0 Å². The molecular formula is C21H13N3O4. The van der Waals surface area contributed by atoms with E-state index < -0.39 is 4.92 Å². The summed E-state index contributed by atoms with van der Waals surface area (Å²) in [6, 6.07) is 20.8. The Balaban J connectivity index is 1.87. The number of hydrogen-bond acceptors (Lipinski definition) is 6. The van der Waals surface area contributed by atoms with Crippen molar-refractivity contribution >= 4 is 22.9 Å². The fourth-order valence-corrected chi connectivity index (χ4v) is 2.85. The van der Waals surface area contributed by atoms with Crippen molar-refractivity contribution in [1.82, 2.24) is 9.97 Å². The molecule has 0 saturated heterocycles. The van der Waals surface area contributed by atoms with Crippen molar-refractivity contribution in [3.63, 3.8) is 0 Å². The minimum absolute atomic E-state index is 0.0382. The summed E-state index contributed by atoms with van der Waals surface area (Å²) in [5, 5.41) is 12.1. The van der Waals surface area contributed by atoms with Gasteiger partial charge in [0, 0.05) is 22.6 Å². The zero-order valence-corrected chi connectivity index (χ0v) is 14.5. The number of rotatable bonds is 5. The van der Waals surface area contributed by atoms with E-state index >= 15 is 0 Å². The van der Waals surface area contributed by atoms with Crippen LogP contribution in [0.1, 0.15) is 10.4 Å². The highest BCUT2D eigenvalue weighted by molar-refractivity contribution is 5.92. The van der Waals surface area contributed by atoms with Gasteiger partial charge in [-0.3, -0.25) is 14.9 Å². The number of nitro benzene ring substituents is 1. The predicted octanol–water partition coefficient (Wildman–Crippen LogP) is 4.81. The van der Waals surface area contributed by atoms with Crippen LogP contribution in [-0.4, -0.2) is 21.2 Å². The third-order valence-corrected chi connectivity index (χ3v) is 4.15. The lowest BCUT2D eigenvalue weighted by molar-refractivity contribution is -0.385. The Morgan fingerprint density at radius 2 is 1.68 bits per heavy atom. The fourth-order valence-electron chi connectivity index (χ4n) is 2.85. The minimum atomic E-state index is -0.580. The normalized spacial score (nSPS) is 10.6. The van der Waals surface area contributed by atoms with E-state index in [1.807, 2.05) is 54.6 Å². The molecule has 0 N–H and O–H groups in total. The molecule has 0 radical (unpaired) electrons. The average Bonchev–Trinajstić information content (AvgIpc) is 2.73. The van der Waals surface area contributed by atoms with Crippen molar-refractivity contribution in [2.45, 2.75) is 0 Å². The second-order valence-corrected chi connectivity index (χ2v) is 5.94. The van der Waals surface area contributed by atoms with Gasteiger partial charge in [-0.25, -0.2) is 0 Å². The molecule has 136 valence electrons. The van der Waals surface area contributed by atoms with E-state index in [1.165, 1.54) is 18.2 Å². The Hall–Kier alpha value is -4.13. The molecule has 0 bridgehead atoms. The van der Waals surface area contributed by atoms with Crippen LogP contribution in [0.3, 0.4) is 0 Å². The maximum atomic E-state index is 11.3. The molecule has 0 aliphatic heterocycles. The second kappa shape index (κ2) is 7.24. The number of nitrogens with zero attached hydrogens (tertiary/aromatic N) is 3. The summed E-state index contributed by atoms with van der Waals surface area (Å²) in [5.41, 5.74) is 2.13. The van der Waals surface area contributed by atoms with E-state index in [9.17, 15) is 14.9 Å². The molecule has 28 heavy (non-hydrogen) atoms. The first-order valence-electron chi connectivity index (χ1n) is 8.39. The Bertz CT molecular complexity index is 1190. The molecule has 1 aromatic heterocycles. The number of hydrogen-bond donors (Lipinski definition) is 0. The summed E-state index contributed by atoms with van der Waals surface area (Å²) in [7, 11) is 0. The van der Waals surface area contributed by atoms with Gasteiger partial charge >= 0.3 is 11.7 Å². The third kappa shape index (κ3) is 3.28. The van der Waals surface area contributed by atoms with Gasteiger partial charge in [-0.05, 0) is 18.2 Å². The lowest BCUT2D eigenvalue weighted by atomic mass is 10.1. The average molecular weight is 371 g/mol. The van der Waals surface area contributed by atoms with Crippen molar-refractivity contribution < 1.29 is 14.5 Å². The number of ether oxygens (including phenoxy) is 1. The van der Waals surface area contributed by atoms with Crippen molar-refractivity contribution in [3.8, 4) is 23.0 Å². The topological polar surface area (TPSA) is 95.2 Å². The van der Waals surface area contributed by atoms with Crippen molar-refractivity contribution in [2.24, 2.45) is 0 Å². The zero-order valence-electron chi connectivity index (χ0n) is 14.5. The first kappa shape index (κ1) is 17.3. The van der Waals surface area contributed by atoms with E-state index in [0.717, 1.165) is 10.9 Å². The van der Waals surface area contributed by atoms with E-state index in [2.05, 4.69) is 9.97 Å². The molecule has 0 aliphatic rings. The summed E-state index contributed by atoms with van der Waals surface area (Å²) in [5.74, 6) is -0.0936. The van der Waals surface area contributed by atoms with Crippen LogP contribution in [0.4, 0.5) is 5.69 Å². The molecule has 0 atom stereocenters. The Labute approximate surface area is 159 Å². The van der Waals surface area contributed by atoms with Gasteiger partial charge in [0.1, 0.15) is 6.29 Å². The van der Waals surface area contributed by atoms with Crippen molar-refractivity contribution in [2.75, 3.05) is 0 Å². The summed E-state index contributed by atoms with van der Waals surface area (Å²) < 4.78 is 5.66. The number of para-hydroxylation sites is 1. The maximum Gasteiger partial charge on any atom is 0.323 e. The van der Waals surface area contributed by atoms with Crippen LogP contribution in [0.5, 0.6) is 11.8 Å². The molecule has 0 unspecified atom stereocenters. The predicted molar refractivity (Wildman–Crippen MR) is 104 cm³/mol. The second-order valence-electron chi connectivity index (χ2n) is 5.94. The highest BCUT2D eigenvalue weighted by Crippen LogP contribution is 2.33. The van der Waals surface area contributed by atoms with Gasteiger partial charge in [0.25, 0.3) is 0 Å². The highest BCUT2D eigenvalue weighted by Gasteiger charge is 2.19. The van der Waals surface area contributed by atoms with Gasteiger partial charge < -0.3 is 4.74 Å². The number of benzene rings is 3. The van der Waals surface area contributed by atoms with E-state index in [-0.39, 0.29) is 23.0 Å². The fraction of sp³-hybridized carbons (Fsp3) is 0. The number of carbonyl (C=O) groups is 1. The molecule has 1 heterocycles. The third-order valence-electron chi connectivity index (χ3n) is 4.15. The molecule has 7 heteroatoms. The molecule has 4 rings (SSSR count). The SMILES string of the molecule is O=Cc1ccc([N+](=O)[O-])c(Oc2nc(-c3ccccc3)c3ccccc3n2)c1. The smallest absolute Gasteiger partial charge is 0.323 e.